The highest BCUT2D eigenvalue weighted by atomic mass is 32.2. The van der Waals surface area contributed by atoms with Gasteiger partial charge in [-0.15, -0.1) is 0 Å². The molecule has 0 radical (unpaired) electrons. The Morgan fingerprint density at radius 1 is 1.05 bits per heavy atom. The monoisotopic (exact) mass is 272 g/mol. The molecule has 0 amide bonds. The molecule has 19 heavy (non-hydrogen) atoms. The van der Waals surface area contributed by atoms with Gasteiger partial charge in [-0.05, 0) is 29.8 Å². The fourth-order valence-corrected chi connectivity index (χ4v) is 2.30. The first-order valence-electron chi connectivity index (χ1n) is 6.25. The maximum absolute atomic E-state index is 11.3. The molecular weight excluding hydrogens is 256 g/mol. The van der Waals surface area contributed by atoms with Crippen molar-refractivity contribution in [3.05, 3.63) is 60.2 Å². The van der Waals surface area contributed by atoms with Crippen LogP contribution in [0.4, 0.5) is 0 Å². The Morgan fingerprint density at radius 3 is 2.53 bits per heavy atom. The van der Waals surface area contributed by atoms with Gasteiger partial charge < -0.3 is 4.74 Å². The summed E-state index contributed by atoms with van der Waals surface area (Å²) < 4.78 is 5.76. The third kappa shape index (κ3) is 4.45. The summed E-state index contributed by atoms with van der Waals surface area (Å²) in [5.41, 5.74) is 1.10. The van der Waals surface area contributed by atoms with Crippen molar-refractivity contribution in [1.29, 1.82) is 0 Å². The van der Waals surface area contributed by atoms with Crippen molar-refractivity contribution in [2.24, 2.45) is 0 Å². The molecular formula is C16H16O2S. The van der Waals surface area contributed by atoms with Crippen LogP contribution in [0.25, 0.3) is 0 Å². The number of carbonyl (C=O) groups is 1. The molecule has 0 unspecified atom stereocenters. The van der Waals surface area contributed by atoms with Crippen molar-refractivity contribution in [2.75, 3.05) is 0 Å². The van der Waals surface area contributed by atoms with Gasteiger partial charge in [-0.3, -0.25) is 4.79 Å². The Hall–Kier alpha value is -1.74. The Bertz CT molecular complexity index is 537. The van der Waals surface area contributed by atoms with Crippen molar-refractivity contribution < 1.29 is 9.53 Å². The molecule has 98 valence electrons. The Balaban J connectivity index is 2.01. The summed E-state index contributed by atoms with van der Waals surface area (Å²) in [5, 5.41) is 0.217. The van der Waals surface area contributed by atoms with Gasteiger partial charge in [0.2, 0.25) is 0 Å². The highest BCUT2D eigenvalue weighted by Crippen LogP contribution is 2.24. The maximum atomic E-state index is 11.3. The molecule has 0 aliphatic rings. The van der Waals surface area contributed by atoms with Crippen LogP contribution in [-0.2, 0) is 10.5 Å². The third-order valence-corrected chi connectivity index (χ3v) is 3.65. The number of para-hydroxylation sites is 1. The lowest BCUT2D eigenvalue weighted by molar-refractivity contribution is -0.110. The number of benzene rings is 2. The second-order valence-electron chi connectivity index (χ2n) is 4.08. The summed E-state index contributed by atoms with van der Waals surface area (Å²) in [6, 6.07) is 17.5. The van der Waals surface area contributed by atoms with Crippen LogP contribution in [0.15, 0.2) is 54.6 Å². The van der Waals surface area contributed by atoms with Gasteiger partial charge in [0.15, 0.2) is 5.12 Å². The predicted octanol–water partition coefficient (Wildman–Crippen LogP) is 4.65. The molecule has 0 aliphatic heterocycles. The molecule has 2 nitrogen and oxygen atoms in total. The topological polar surface area (TPSA) is 26.3 Å². The SMILES string of the molecule is CCC(=O)SCc1cccc(Oc2ccccc2)c1. The molecule has 0 saturated carbocycles. The molecule has 3 heteroatoms. The van der Waals surface area contributed by atoms with E-state index in [9.17, 15) is 4.79 Å². The van der Waals surface area contributed by atoms with Gasteiger partial charge in [-0.2, -0.15) is 0 Å². The van der Waals surface area contributed by atoms with Gasteiger partial charge in [0.05, 0.1) is 0 Å². The van der Waals surface area contributed by atoms with E-state index in [0.29, 0.717) is 12.2 Å². The van der Waals surface area contributed by atoms with Crippen LogP contribution in [0.3, 0.4) is 0 Å². The number of ether oxygens (including phenoxy) is 1. The molecule has 0 spiro atoms. The van der Waals surface area contributed by atoms with Gasteiger partial charge in [-0.25, -0.2) is 0 Å². The van der Waals surface area contributed by atoms with Gasteiger partial charge in [0.1, 0.15) is 11.5 Å². The van der Waals surface area contributed by atoms with E-state index < -0.39 is 0 Å². The van der Waals surface area contributed by atoms with E-state index >= 15 is 0 Å². The normalized spacial score (nSPS) is 10.2. The van der Waals surface area contributed by atoms with Crippen LogP contribution in [0.2, 0.25) is 0 Å². The Kier molecular flexibility index (Phi) is 5.04. The number of hydrogen-bond donors (Lipinski definition) is 0. The molecule has 2 aromatic carbocycles. The summed E-state index contributed by atoms with van der Waals surface area (Å²) >= 11 is 1.35. The van der Waals surface area contributed by atoms with E-state index in [0.717, 1.165) is 17.1 Å². The second-order valence-corrected chi connectivity index (χ2v) is 5.11. The first-order chi connectivity index (χ1) is 9.28. The maximum Gasteiger partial charge on any atom is 0.188 e. The summed E-state index contributed by atoms with van der Waals surface area (Å²) in [4.78, 5) is 11.3. The number of thioether (sulfide) groups is 1. The zero-order valence-electron chi connectivity index (χ0n) is 10.8. The minimum Gasteiger partial charge on any atom is -0.457 e. The lowest BCUT2D eigenvalue weighted by Crippen LogP contribution is -1.90. The van der Waals surface area contributed by atoms with Crippen LogP contribution in [0.1, 0.15) is 18.9 Å². The van der Waals surface area contributed by atoms with Crippen molar-refractivity contribution >= 4 is 16.9 Å². The standard InChI is InChI=1S/C16H16O2S/c1-2-16(17)19-12-13-7-6-10-15(11-13)18-14-8-4-3-5-9-14/h3-11H,2,12H2,1H3. The summed E-state index contributed by atoms with van der Waals surface area (Å²) in [5.74, 6) is 2.31. The lowest BCUT2D eigenvalue weighted by atomic mass is 10.2. The molecule has 0 heterocycles. The Morgan fingerprint density at radius 2 is 1.79 bits per heavy atom. The van der Waals surface area contributed by atoms with E-state index in [-0.39, 0.29) is 5.12 Å². The molecule has 0 aliphatic carbocycles. The number of hydrogen-bond acceptors (Lipinski definition) is 3. The molecule has 2 aromatic rings. The molecule has 0 saturated heterocycles. The van der Waals surface area contributed by atoms with E-state index in [1.807, 2.05) is 61.5 Å². The van der Waals surface area contributed by atoms with Gasteiger partial charge in [0.25, 0.3) is 0 Å². The van der Waals surface area contributed by atoms with Crippen LogP contribution in [0.5, 0.6) is 11.5 Å². The summed E-state index contributed by atoms with van der Waals surface area (Å²) in [6.07, 6.45) is 0.574. The fraction of sp³-hybridized carbons (Fsp3) is 0.188. The van der Waals surface area contributed by atoms with Gasteiger partial charge >= 0.3 is 0 Å². The molecule has 2 rings (SSSR count). The van der Waals surface area contributed by atoms with Crippen LogP contribution >= 0.6 is 11.8 Å². The van der Waals surface area contributed by atoms with Crippen molar-refractivity contribution in [2.45, 2.75) is 19.1 Å². The minimum absolute atomic E-state index is 0.217. The first-order valence-corrected chi connectivity index (χ1v) is 7.24. The van der Waals surface area contributed by atoms with Crippen molar-refractivity contribution in [1.82, 2.24) is 0 Å². The van der Waals surface area contributed by atoms with E-state index in [4.69, 9.17) is 4.74 Å². The largest absolute Gasteiger partial charge is 0.457 e. The number of rotatable bonds is 5. The summed E-state index contributed by atoms with van der Waals surface area (Å²) in [6.45, 7) is 1.88. The van der Waals surface area contributed by atoms with Crippen LogP contribution in [0, 0.1) is 0 Å². The second kappa shape index (κ2) is 7.00. The van der Waals surface area contributed by atoms with Crippen LogP contribution < -0.4 is 4.74 Å². The van der Waals surface area contributed by atoms with Gasteiger partial charge in [0, 0.05) is 12.2 Å². The fourth-order valence-electron chi connectivity index (χ4n) is 1.59. The quantitative estimate of drug-likeness (QED) is 0.792. The summed E-state index contributed by atoms with van der Waals surface area (Å²) in [7, 11) is 0. The van der Waals surface area contributed by atoms with E-state index in [1.54, 1.807) is 0 Å². The van der Waals surface area contributed by atoms with E-state index in [1.165, 1.54) is 11.8 Å². The molecule has 0 atom stereocenters. The van der Waals surface area contributed by atoms with Crippen LogP contribution in [-0.4, -0.2) is 5.12 Å². The molecule has 0 fully saturated rings. The van der Waals surface area contributed by atoms with E-state index in [2.05, 4.69) is 0 Å². The average Bonchev–Trinajstić information content (AvgIpc) is 2.46. The first kappa shape index (κ1) is 13.7. The molecule has 0 aromatic heterocycles. The zero-order chi connectivity index (χ0) is 13.5. The third-order valence-electron chi connectivity index (χ3n) is 2.57. The highest BCUT2D eigenvalue weighted by Gasteiger charge is 2.02. The number of carbonyl (C=O) groups excluding carboxylic acids is 1. The minimum atomic E-state index is 0.217. The van der Waals surface area contributed by atoms with Gasteiger partial charge in [-0.1, -0.05) is 49.0 Å². The Labute approximate surface area is 117 Å². The zero-order valence-corrected chi connectivity index (χ0v) is 11.7. The predicted molar refractivity (Wildman–Crippen MR) is 79.6 cm³/mol. The van der Waals surface area contributed by atoms with Crippen molar-refractivity contribution in [3.63, 3.8) is 0 Å². The molecule has 0 bridgehead atoms. The lowest BCUT2D eigenvalue weighted by Gasteiger charge is -2.07. The highest BCUT2D eigenvalue weighted by molar-refractivity contribution is 8.12. The smallest absolute Gasteiger partial charge is 0.188 e. The molecule has 0 N–H and O–H groups in total. The average molecular weight is 272 g/mol. The van der Waals surface area contributed by atoms with Crippen molar-refractivity contribution in [3.8, 4) is 11.5 Å².